The van der Waals surface area contributed by atoms with Crippen molar-refractivity contribution in [1.29, 1.82) is 0 Å². The largest absolute Gasteiger partial charge is 0.497 e. The Morgan fingerprint density at radius 3 is 2.97 bits per heavy atom. The van der Waals surface area contributed by atoms with E-state index in [0.29, 0.717) is 43.5 Å². The summed E-state index contributed by atoms with van der Waals surface area (Å²) in [4.78, 5) is 28.1. The van der Waals surface area contributed by atoms with E-state index < -0.39 is 5.54 Å². The van der Waals surface area contributed by atoms with Crippen molar-refractivity contribution in [2.45, 2.75) is 50.6 Å². The van der Waals surface area contributed by atoms with Crippen LogP contribution >= 0.6 is 0 Å². The SMILES string of the molecule is COc1ccc(C[C@@]2(CCC(=O)NCCCn3ccnc3)CCC(=O)N2)c(F)c1. The minimum Gasteiger partial charge on any atom is -0.497 e. The fraction of sp³-hybridized carbons (Fsp3) is 0.476. The van der Waals surface area contributed by atoms with Crippen molar-refractivity contribution in [2.24, 2.45) is 0 Å². The summed E-state index contributed by atoms with van der Waals surface area (Å²) < 4.78 is 21.4. The number of methoxy groups -OCH3 is 1. The van der Waals surface area contributed by atoms with Crippen LogP contribution in [-0.2, 0) is 22.6 Å². The standard InChI is InChI=1S/C21H27FN4O3/c1-29-17-4-3-16(18(22)13-17)14-21(8-6-20(28)25-21)7-5-19(27)24-9-2-11-26-12-10-23-15-26/h3-4,10,12-13,15H,2,5-9,11,14H2,1H3,(H,24,27)(H,25,28)/t21-/m1/s1. The molecular formula is C21H27FN4O3. The lowest BCUT2D eigenvalue weighted by Crippen LogP contribution is -2.44. The average molecular weight is 402 g/mol. The molecule has 1 aliphatic heterocycles. The molecule has 2 amide bonds. The third kappa shape index (κ3) is 5.79. The van der Waals surface area contributed by atoms with E-state index >= 15 is 0 Å². The molecule has 3 rings (SSSR count). The summed E-state index contributed by atoms with van der Waals surface area (Å²) in [6, 6.07) is 4.72. The number of halogens is 1. The molecule has 29 heavy (non-hydrogen) atoms. The number of hydrogen-bond donors (Lipinski definition) is 2. The minimum atomic E-state index is -0.597. The maximum atomic E-state index is 14.4. The Labute approximate surface area is 169 Å². The lowest BCUT2D eigenvalue weighted by Gasteiger charge is -2.29. The molecule has 7 nitrogen and oxygen atoms in total. The highest BCUT2D eigenvalue weighted by atomic mass is 19.1. The topological polar surface area (TPSA) is 85.2 Å². The lowest BCUT2D eigenvalue weighted by atomic mass is 9.84. The van der Waals surface area contributed by atoms with Gasteiger partial charge >= 0.3 is 0 Å². The first-order valence-corrected chi connectivity index (χ1v) is 9.85. The number of aryl methyl sites for hydroxylation is 1. The molecule has 1 aromatic carbocycles. The zero-order valence-corrected chi connectivity index (χ0v) is 16.6. The van der Waals surface area contributed by atoms with Gasteiger partial charge in [-0.25, -0.2) is 9.37 Å². The predicted octanol–water partition coefficient (Wildman–Crippen LogP) is 2.21. The summed E-state index contributed by atoms with van der Waals surface area (Å²) in [5, 5.41) is 5.90. The van der Waals surface area contributed by atoms with Crippen molar-refractivity contribution >= 4 is 11.8 Å². The summed E-state index contributed by atoms with van der Waals surface area (Å²) in [6.45, 7) is 1.36. The summed E-state index contributed by atoms with van der Waals surface area (Å²) >= 11 is 0. The Kier molecular flexibility index (Phi) is 6.85. The van der Waals surface area contributed by atoms with Crippen LogP contribution in [0.1, 0.15) is 37.7 Å². The maximum Gasteiger partial charge on any atom is 0.220 e. The number of benzene rings is 1. The molecule has 2 N–H and O–H groups in total. The van der Waals surface area contributed by atoms with Gasteiger partial charge in [0.25, 0.3) is 0 Å². The highest BCUT2D eigenvalue weighted by molar-refractivity contribution is 5.80. The molecule has 2 aromatic rings. The van der Waals surface area contributed by atoms with Gasteiger partial charge in [-0.2, -0.15) is 0 Å². The molecule has 1 fully saturated rings. The molecule has 156 valence electrons. The quantitative estimate of drug-likeness (QED) is 0.597. The molecule has 2 heterocycles. The first-order valence-electron chi connectivity index (χ1n) is 9.85. The molecule has 0 aliphatic carbocycles. The van der Waals surface area contributed by atoms with Gasteiger partial charge in [-0.1, -0.05) is 6.07 Å². The molecule has 1 aromatic heterocycles. The number of nitrogens with one attached hydrogen (secondary N) is 2. The van der Waals surface area contributed by atoms with Crippen molar-refractivity contribution in [3.63, 3.8) is 0 Å². The highest BCUT2D eigenvalue weighted by Crippen LogP contribution is 2.31. The average Bonchev–Trinajstić information content (AvgIpc) is 3.35. The van der Waals surface area contributed by atoms with Crippen LogP contribution in [0.4, 0.5) is 4.39 Å². The van der Waals surface area contributed by atoms with E-state index in [1.54, 1.807) is 24.7 Å². The van der Waals surface area contributed by atoms with Crippen LogP contribution in [0, 0.1) is 5.82 Å². The number of aromatic nitrogens is 2. The first-order chi connectivity index (χ1) is 14.0. The maximum absolute atomic E-state index is 14.4. The number of ether oxygens (including phenoxy) is 1. The molecule has 0 bridgehead atoms. The summed E-state index contributed by atoms with van der Waals surface area (Å²) in [5.41, 5.74) is -0.0885. The number of amides is 2. The molecule has 8 heteroatoms. The predicted molar refractivity (Wildman–Crippen MR) is 106 cm³/mol. The third-order valence-corrected chi connectivity index (χ3v) is 5.33. The molecular weight excluding hydrogens is 375 g/mol. The third-order valence-electron chi connectivity index (χ3n) is 5.33. The lowest BCUT2D eigenvalue weighted by molar-refractivity contribution is -0.122. The van der Waals surface area contributed by atoms with Gasteiger partial charge in [-0.05, 0) is 37.3 Å². The Morgan fingerprint density at radius 2 is 2.31 bits per heavy atom. The van der Waals surface area contributed by atoms with Gasteiger partial charge in [0.1, 0.15) is 11.6 Å². The Morgan fingerprint density at radius 1 is 1.45 bits per heavy atom. The van der Waals surface area contributed by atoms with Crippen molar-refractivity contribution in [2.75, 3.05) is 13.7 Å². The van der Waals surface area contributed by atoms with E-state index in [9.17, 15) is 14.0 Å². The van der Waals surface area contributed by atoms with E-state index in [1.807, 2.05) is 10.8 Å². The second kappa shape index (κ2) is 9.54. The van der Waals surface area contributed by atoms with Crippen LogP contribution in [0.5, 0.6) is 5.75 Å². The second-order valence-electron chi connectivity index (χ2n) is 7.47. The van der Waals surface area contributed by atoms with Gasteiger partial charge in [-0.3, -0.25) is 9.59 Å². The van der Waals surface area contributed by atoms with Gasteiger partial charge in [0.15, 0.2) is 0 Å². The van der Waals surface area contributed by atoms with Crippen LogP contribution in [0.2, 0.25) is 0 Å². The fourth-order valence-corrected chi connectivity index (χ4v) is 3.69. The Hall–Kier alpha value is -2.90. The Balaban J connectivity index is 1.52. The monoisotopic (exact) mass is 402 g/mol. The minimum absolute atomic E-state index is 0.0559. The zero-order valence-electron chi connectivity index (χ0n) is 16.6. The van der Waals surface area contributed by atoms with Crippen molar-refractivity contribution in [3.05, 3.63) is 48.3 Å². The fourth-order valence-electron chi connectivity index (χ4n) is 3.69. The molecule has 0 saturated carbocycles. The van der Waals surface area contributed by atoms with Crippen LogP contribution in [0.15, 0.2) is 36.9 Å². The number of carbonyl (C=O) groups is 2. The zero-order chi connectivity index (χ0) is 20.7. The number of carbonyl (C=O) groups excluding carboxylic acids is 2. The molecule has 0 spiro atoms. The van der Waals surface area contributed by atoms with E-state index in [1.165, 1.54) is 13.2 Å². The van der Waals surface area contributed by atoms with Crippen molar-refractivity contribution in [1.82, 2.24) is 20.2 Å². The van der Waals surface area contributed by atoms with Gasteiger partial charge in [0, 0.05) is 49.9 Å². The normalized spacial score (nSPS) is 18.5. The van der Waals surface area contributed by atoms with Gasteiger partial charge in [0.05, 0.1) is 13.4 Å². The van der Waals surface area contributed by atoms with E-state index in [2.05, 4.69) is 15.6 Å². The summed E-state index contributed by atoms with van der Waals surface area (Å²) in [5.74, 6) is -0.0364. The molecule has 1 saturated heterocycles. The van der Waals surface area contributed by atoms with Crippen LogP contribution in [-0.4, -0.2) is 40.6 Å². The van der Waals surface area contributed by atoms with Crippen molar-refractivity contribution < 1.29 is 18.7 Å². The molecule has 0 radical (unpaired) electrons. The molecule has 0 unspecified atom stereocenters. The molecule has 1 aliphatic rings. The number of nitrogens with zero attached hydrogens (tertiary/aromatic N) is 2. The van der Waals surface area contributed by atoms with Gasteiger partial charge in [0.2, 0.25) is 11.8 Å². The first kappa shape index (κ1) is 20.8. The second-order valence-corrected chi connectivity index (χ2v) is 7.47. The number of hydrogen-bond acceptors (Lipinski definition) is 4. The summed E-state index contributed by atoms with van der Waals surface area (Å²) in [7, 11) is 1.49. The Bertz CT molecular complexity index is 840. The van der Waals surface area contributed by atoms with Crippen molar-refractivity contribution in [3.8, 4) is 5.75 Å². The van der Waals surface area contributed by atoms with E-state index in [0.717, 1.165) is 13.0 Å². The summed E-state index contributed by atoms with van der Waals surface area (Å²) in [6.07, 6.45) is 8.23. The highest BCUT2D eigenvalue weighted by Gasteiger charge is 2.38. The van der Waals surface area contributed by atoms with Crippen LogP contribution in [0.25, 0.3) is 0 Å². The smallest absolute Gasteiger partial charge is 0.220 e. The van der Waals surface area contributed by atoms with Gasteiger partial charge in [-0.15, -0.1) is 0 Å². The number of imidazole rings is 1. The van der Waals surface area contributed by atoms with Crippen LogP contribution in [0.3, 0.4) is 0 Å². The van der Waals surface area contributed by atoms with E-state index in [4.69, 9.17) is 4.74 Å². The van der Waals surface area contributed by atoms with Crippen LogP contribution < -0.4 is 15.4 Å². The number of rotatable bonds is 10. The van der Waals surface area contributed by atoms with Gasteiger partial charge < -0.3 is 19.9 Å². The molecule has 1 atom stereocenters. The van der Waals surface area contributed by atoms with E-state index in [-0.39, 0.29) is 24.1 Å².